The molecule has 2 aliphatic rings. The first kappa shape index (κ1) is 13.6. The van der Waals surface area contributed by atoms with Crippen molar-refractivity contribution in [3.8, 4) is 0 Å². The van der Waals surface area contributed by atoms with E-state index < -0.39 is 0 Å². The Balaban J connectivity index is 1.81. The van der Waals surface area contributed by atoms with Crippen molar-refractivity contribution in [3.63, 3.8) is 0 Å². The van der Waals surface area contributed by atoms with Gasteiger partial charge in [0.15, 0.2) is 0 Å². The summed E-state index contributed by atoms with van der Waals surface area (Å²) in [7, 11) is 0. The number of nitrogens with zero attached hydrogens (tertiary/aromatic N) is 1. The van der Waals surface area contributed by atoms with Gasteiger partial charge in [-0.3, -0.25) is 4.79 Å². The minimum absolute atomic E-state index is 0.0334. The van der Waals surface area contributed by atoms with E-state index >= 15 is 0 Å². The first-order valence-electron chi connectivity index (χ1n) is 7.59. The monoisotopic (exact) mass is 272 g/mol. The molecule has 2 heterocycles. The highest BCUT2D eigenvalue weighted by Crippen LogP contribution is 2.41. The van der Waals surface area contributed by atoms with Gasteiger partial charge in [0.05, 0.1) is 5.92 Å². The lowest BCUT2D eigenvalue weighted by molar-refractivity contribution is -0.136. The van der Waals surface area contributed by atoms with Gasteiger partial charge in [0.25, 0.3) is 0 Å². The van der Waals surface area contributed by atoms with E-state index in [0.29, 0.717) is 11.8 Å². The SMILES string of the molecule is CC(C(=O)N1CC2CNCC2C1(C)C)c1ccccc1. The Bertz CT molecular complexity index is 497. The molecular weight excluding hydrogens is 248 g/mol. The molecule has 1 N–H and O–H groups in total. The average Bonchev–Trinajstić information content (AvgIpc) is 3.01. The van der Waals surface area contributed by atoms with Gasteiger partial charge in [-0.15, -0.1) is 0 Å². The van der Waals surface area contributed by atoms with Crippen LogP contribution in [-0.4, -0.2) is 36.0 Å². The molecule has 0 aliphatic carbocycles. The highest BCUT2D eigenvalue weighted by Gasteiger charge is 2.51. The van der Waals surface area contributed by atoms with E-state index in [4.69, 9.17) is 0 Å². The Labute approximate surface area is 121 Å². The molecule has 3 unspecified atom stereocenters. The molecule has 2 aliphatic heterocycles. The fourth-order valence-electron chi connectivity index (χ4n) is 3.91. The molecule has 3 rings (SSSR count). The molecule has 0 spiro atoms. The van der Waals surface area contributed by atoms with Crippen molar-refractivity contribution in [2.24, 2.45) is 11.8 Å². The zero-order valence-corrected chi connectivity index (χ0v) is 12.6. The molecule has 2 fully saturated rings. The minimum Gasteiger partial charge on any atom is -0.336 e. The molecule has 0 aromatic heterocycles. The number of carbonyl (C=O) groups excluding carboxylic acids is 1. The second-order valence-electron chi connectivity index (χ2n) is 6.76. The summed E-state index contributed by atoms with van der Waals surface area (Å²) in [6.45, 7) is 9.47. The second kappa shape index (κ2) is 4.88. The van der Waals surface area contributed by atoms with Crippen LogP contribution in [0.25, 0.3) is 0 Å². The van der Waals surface area contributed by atoms with Gasteiger partial charge in [-0.25, -0.2) is 0 Å². The van der Waals surface area contributed by atoms with Gasteiger partial charge in [-0.05, 0) is 38.2 Å². The van der Waals surface area contributed by atoms with Gasteiger partial charge < -0.3 is 10.2 Å². The van der Waals surface area contributed by atoms with E-state index in [1.165, 1.54) is 0 Å². The van der Waals surface area contributed by atoms with E-state index in [1.807, 2.05) is 37.3 Å². The zero-order chi connectivity index (χ0) is 14.3. The van der Waals surface area contributed by atoms with Crippen LogP contribution < -0.4 is 5.32 Å². The highest BCUT2D eigenvalue weighted by molar-refractivity contribution is 5.84. The molecular formula is C17H24N2O. The fourth-order valence-corrected chi connectivity index (χ4v) is 3.91. The van der Waals surface area contributed by atoms with Crippen LogP contribution in [-0.2, 0) is 4.79 Å². The quantitative estimate of drug-likeness (QED) is 0.895. The molecule has 3 heteroatoms. The van der Waals surface area contributed by atoms with Gasteiger partial charge in [-0.2, -0.15) is 0 Å². The zero-order valence-electron chi connectivity index (χ0n) is 12.6. The Morgan fingerprint density at radius 1 is 1.30 bits per heavy atom. The first-order valence-corrected chi connectivity index (χ1v) is 7.59. The molecule has 3 nitrogen and oxygen atoms in total. The van der Waals surface area contributed by atoms with Gasteiger partial charge in [0.2, 0.25) is 5.91 Å². The predicted octanol–water partition coefficient (Wildman–Crippen LogP) is 2.25. The maximum atomic E-state index is 12.9. The summed E-state index contributed by atoms with van der Waals surface area (Å²) < 4.78 is 0. The molecule has 0 bridgehead atoms. The van der Waals surface area contributed by atoms with Crippen molar-refractivity contribution in [2.45, 2.75) is 32.2 Å². The summed E-state index contributed by atoms with van der Waals surface area (Å²) in [6.07, 6.45) is 0. The number of amides is 1. The number of carbonyl (C=O) groups is 1. The lowest BCUT2D eigenvalue weighted by atomic mass is 9.84. The Morgan fingerprint density at radius 2 is 2.00 bits per heavy atom. The highest BCUT2D eigenvalue weighted by atomic mass is 16.2. The van der Waals surface area contributed by atoms with Crippen LogP contribution in [0.1, 0.15) is 32.3 Å². The molecule has 0 radical (unpaired) electrons. The van der Waals surface area contributed by atoms with Crippen molar-refractivity contribution in [1.29, 1.82) is 0 Å². The maximum absolute atomic E-state index is 12.9. The fraction of sp³-hybridized carbons (Fsp3) is 0.588. The number of hydrogen-bond donors (Lipinski definition) is 1. The van der Waals surface area contributed by atoms with Crippen LogP contribution in [0.5, 0.6) is 0 Å². The number of likely N-dealkylation sites (tertiary alicyclic amines) is 1. The van der Waals surface area contributed by atoms with Gasteiger partial charge in [-0.1, -0.05) is 30.3 Å². The topological polar surface area (TPSA) is 32.3 Å². The van der Waals surface area contributed by atoms with Crippen molar-refractivity contribution in [3.05, 3.63) is 35.9 Å². The first-order chi connectivity index (χ1) is 9.51. The van der Waals surface area contributed by atoms with E-state index in [2.05, 4.69) is 24.1 Å². The van der Waals surface area contributed by atoms with Gasteiger partial charge in [0.1, 0.15) is 0 Å². The number of hydrogen-bond acceptors (Lipinski definition) is 2. The van der Waals surface area contributed by atoms with Crippen molar-refractivity contribution in [1.82, 2.24) is 10.2 Å². The van der Waals surface area contributed by atoms with Crippen molar-refractivity contribution < 1.29 is 4.79 Å². The van der Waals surface area contributed by atoms with E-state index in [-0.39, 0.29) is 17.4 Å². The normalized spacial score (nSPS) is 29.2. The third kappa shape index (κ3) is 2.05. The molecule has 3 atom stereocenters. The molecule has 1 aromatic carbocycles. The molecule has 108 valence electrons. The third-order valence-electron chi connectivity index (χ3n) is 5.30. The smallest absolute Gasteiger partial charge is 0.230 e. The maximum Gasteiger partial charge on any atom is 0.230 e. The number of nitrogens with one attached hydrogen (secondary N) is 1. The standard InChI is InChI=1S/C17H24N2O/c1-12(13-7-5-4-6-8-13)16(20)19-11-14-9-18-10-15(14)17(19,2)3/h4-8,12,14-15,18H,9-11H2,1-3H3. The number of fused-ring (bicyclic) bond motifs is 1. The van der Waals surface area contributed by atoms with Crippen LogP contribution in [0, 0.1) is 11.8 Å². The molecule has 2 saturated heterocycles. The van der Waals surface area contributed by atoms with Crippen LogP contribution in [0.15, 0.2) is 30.3 Å². The summed E-state index contributed by atoms with van der Waals surface area (Å²) in [5.41, 5.74) is 1.08. The lowest BCUT2D eigenvalue weighted by Crippen LogP contribution is -2.48. The summed E-state index contributed by atoms with van der Waals surface area (Å²) in [4.78, 5) is 15.0. The largest absolute Gasteiger partial charge is 0.336 e. The van der Waals surface area contributed by atoms with Crippen LogP contribution in [0.3, 0.4) is 0 Å². The molecule has 0 saturated carbocycles. The Hall–Kier alpha value is -1.35. The molecule has 1 amide bonds. The van der Waals surface area contributed by atoms with Gasteiger partial charge in [0, 0.05) is 25.2 Å². The van der Waals surface area contributed by atoms with Crippen LogP contribution in [0.2, 0.25) is 0 Å². The van der Waals surface area contributed by atoms with Crippen LogP contribution >= 0.6 is 0 Å². The average molecular weight is 272 g/mol. The Kier molecular flexibility index (Phi) is 3.33. The second-order valence-corrected chi connectivity index (χ2v) is 6.76. The molecule has 20 heavy (non-hydrogen) atoms. The summed E-state index contributed by atoms with van der Waals surface area (Å²) in [5, 5.41) is 3.46. The van der Waals surface area contributed by atoms with E-state index in [0.717, 1.165) is 25.2 Å². The lowest BCUT2D eigenvalue weighted by Gasteiger charge is -2.37. The predicted molar refractivity (Wildman–Crippen MR) is 80.5 cm³/mol. The minimum atomic E-state index is -0.0535. The van der Waals surface area contributed by atoms with Gasteiger partial charge >= 0.3 is 0 Å². The van der Waals surface area contributed by atoms with Crippen molar-refractivity contribution in [2.75, 3.05) is 19.6 Å². The van der Waals surface area contributed by atoms with E-state index in [1.54, 1.807) is 0 Å². The van der Waals surface area contributed by atoms with Crippen LogP contribution in [0.4, 0.5) is 0 Å². The third-order valence-corrected chi connectivity index (χ3v) is 5.30. The molecule has 1 aromatic rings. The number of rotatable bonds is 2. The Morgan fingerprint density at radius 3 is 2.65 bits per heavy atom. The summed E-state index contributed by atoms with van der Waals surface area (Å²) >= 11 is 0. The summed E-state index contributed by atoms with van der Waals surface area (Å²) in [6, 6.07) is 10.1. The number of benzene rings is 1. The summed E-state index contributed by atoms with van der Waals surface area (Å²) in [5.74, 6) is 1.43. The van der Waals surface area contributed by atoms with E-state index in [9.17, 15) is 4.79 Å². The van der Waals surface area contributed by atoms with Crippen molar-refractivity contribution >= 4 is 5.91 Å².